The summed E-state index contributed by atoms with van der Waals surface area (Å²) in [5.41, 5.74) is 3.83. The Morgan fingerprint density at radius 2 is 1.31 bits per heavy atom. The molecule has 0 aromatic heterocycles. The van der Waals surface area contributed by atoms with Crippen molar-refractivity contribution in [1.29, 1.82) is 0 Å². The Morgan fingerprint density at radius 1 is 0.667 bits per heavy atom. The molecule has 36 heavy (non-hydrogen) atoms. The molecular formula is C30H29N3O3. The molecule has 0 saturated carbocycles. The van der Waals surface area contributed by atoms with Crippen molar-refractivity contribution in [3.8, 4) is 5.75 Å². The smallest absolute Gasteiger partial charge is 0.257 e. The molecule has 6 heteroatoms. The van der Waals surface area contributed by atoms with E-state index in [1.807, 2.05) is 54.6 Å². The van der Waals surface area contributed by atoms with Crippen LogP contribution in [0.3, 0.4) is 0 Å². The number of benzene rings is 4. The lowest BCUT2D eigenvalue weighted by molar-refractivity contribution is 0.102. The maximum Gasteiger partial charge on any atom is 0.257 e. The summed E-state index contributed by atoms with van der Waals surface area (Å²) in [7, 11) is 0. The highest BCUT2D eigenvalue weighted by Crippen LogP contribution is 2.22. The summed E-state index contributed by atoms with van der Waals surface area (Å²) >= 11 is 0. The number of unbranched alkanes of at least 4 members (excludes halogenated alkanes) is 1. The number of anilines is 4. The van der Waals surface area contributed by atoms with E-state index in [0.717, 1.165) is 30.0 Å². The van der Waals surface area contributed by atoms with Gasteiger partial charge in [-0.05, 0) is 79.2 Å². The summed E-state index contributed by atoms with van der Waals surface area (Å²) in [5, 5.41) is 9.06. The number of carbonyl (C=O) groups is 2. The standard InChI is InChI=1S/C30H29N3O3/c1-2-3-21-36-26-19-13-22(14-20-26)29(34)33-28-12-8-7-11-27(28)30(35)32-25-17-15-24(16-18-25)31-23-9-5-4-6-10-23/h4-20,31H,2-3,21H2,1H3,(H,32,35)(H,33,34). The van der Waals surface area contributed by atoms with Crippen LogP contribution in [0.1, 0.15) is 40.5 Å². The molecule has 0 heterocycles. The second-order valence-corrected chi connectivity index (χ2v) is 8.25. The lowest BCUT2D eigenvalue weighted by Gasteiger charge is -2.13. The van der Waals surface area contributed by atoms with Crippen LogP contribution in [0.2, 0.25) is 0 Å². The van der Waals surface area contributed by atoms with Crippen LogP contribution in [0.5, 0.6) is 5.75 Å². The van der Waals surface area contributed by atoms with Gasteiger partial charge < -0.3 is 20.7 Å². The van der Waals surface area contributed by atoms with Gasteiger partial charge in [0, 0.05) is 22.6 Å². The molecule has 0 fully saturated rings. The fraction of sp³-hybridized carbons (Fsp3) is 0.133. The molecule has 0 aliphatic rings. The molecule has 182 valence electrons. The second kappa shape index (κ2) is 12.2. The maximum atomic E-state index is 13.0. The summed E-state index contributed by atoms with van der Waals surface area (Å²) in [6.45, 7) is 2.76. The molecule has 0 spiro atoms. The first-order valence-corrected chi connectivity index (χ1v) is 12.0. The number of hydrogen-bond donors (Lipinski definition) is 3. The lowest BCUT2D eigenvalue weighted by Crippen LogP contribution is -2.18. The third-order valence-corrected chi connectivity index (χ3v) is 5.51. The van der Waals surface area contributed by atoms with Gasteiger partial charge in [0.05, 0.1) is 17.9 Å². The van der Waals surface area contributed by atoms with Gasteiger partial charge in [-0.2, -0.15) is 0 Å². The van der Waals surface area contributed by atoms with E-state index in [0.29, 0.717) is 29.1 Å². The summed E-state index contributed by atoms with van der Waals surface area (Å²) < 4.78 is 5.66. The minimum Gasteiger partial charge on any atom is -0.494 e. The molecule has 4 aromatic rings. The van der Waals surface area contributed by atoms with Crippen LogP contribution < -0.4 is 20.7 Å². The zero-order chi connectivity index (χ0) is 25.2. The molecule has 0 saturated heterocycles. The van der Waals surface area contributed by atoms with E-state index in [2.05, 4.69) is 22.9 Å². The SMILES string of the molecule is CCCCOc1ccc(C(=O)Nc2ccccc2C(=O)Nc2ccc(Nc3ccccc3)cc2)cc1. The van der Waals surface area contributed by atoms with Gasteiger partial charge in [-0.15, -0.1) is 0 Å². The van der Waals surface area contributed by atoms with E-state index in [1.165, 1.54) is 0 Å². The fourth-order valence-electron chi connectivity index (χ4n) is 3.54. The van der Waals surface area contributed by atoms with Crippen LogP contribution >= 0.6 is 0 Å². The largest absolute Gasteiger partial charge is 0.494 e. The normalized spacial score (nSPS) is 10.4. The van der Waals surface area contributed by atoms with Crippen LogP contribution in [0.15, 0.2) is 103 Å². The van der Waals surface area contributed by atoms with Crippen molar-refractivity contribution in [3.05, 3.63) is 114 Å². The monoisotopic (exact) mass is 479 g/mol. The highest BCUT2D eigenvalue weighted by atomic mass is 16.5. The van der Waals surface area contributed by atoms with Crippen molar-refractivity contribution in [1.82, 2.24) is 0 Å². The second-order valence-electron chi connectivity index (χ2n) is 8.25. The average molecular weight is 480 g/mol. The first-order chi connectivity index (χ1) is 17.6. The number of para-hydroxylation sites is 2. The van der Waals surface area contributed by atoms with Crippen molar-refractivity contribution in [3.63, 3.8) is 0 Å². The molecule has 3 N–H and O–H groups in total. The zero-order valence-corrected chi connectivity index (χ0v) is 20.2. The van der Waals surface area contributed by atoms with Gasteiger partial charge >= 0.3 is 0 Å². The quantitative estimate of drug-likeness (QED) is 0.212. The molecule has 4 rings (SSSR count). The molecular weight excluding hydrogens is 450 g/mol. The summed E-state index contributed by atoms with van der Waals surface area (Å²) in [6.07, 6.45) is 2.04. The Balaban J connectivity index is 1.39. The van der Waals surface area contributed by atoms with Crippen molar-refractivity contribution >= 4 is 34.6 Å². The molecule has 0 aliphatic carbocycles. The minimum atomic E-state index is -0.311. The molecule has 0 atom stereocenters. The first kappa shape index (κ1) is 24.5. The third-order valence-electron chi connectivity index (χ3n) is 5.51. The van der Waals surface area contributed by atoms with Gasteiger partial charge in [0.1, 0.15) is 5.75 Å². The Labute approximate surface area is 211 Å². The van der Waals surface area contributed by atoms with Crippen LogP contribution in [-0.2, 0) is 0 Å². The summed E-state index contributed by atoms with van der Waals surface area (Å²) in [6, 6.07) is 31.2. The van der Waals surface area contributed by atoms with E-state index in [-0.39, 0.29) is 11.8 Å². The van der Waals surface area contributed by atoms with E-state index < -0.39 is 0 Å². The van der Waals surface area contributed by atoms with Gasteiger partial charge in [0.25, 0.3) is 11.8 Å². The molecule has 0 radical (unpaired) electrons. The molecule has 0 bridgehead atoms. The van der Waals surface area contributed by atoms with Gasteiger partial charge in [-0.1, -0.05) is 43.7 Å². The van der Waals surface area contributed by atoms with Crippen molar-refractivity contribution < 1.29 is 14.3 Å². The molecule has 0 unspecified atom stereocenters. The molecule has 2 amide bonds. The van der Waals surface area contributed by atoms with Crippen LogP contribution in [0.25, 0.3) is 0 Å². The topological polar surface area (TPSA) is 79.5 Å². The lowest BCUT2D eigenvalue weighted by atomic mass is 10.1. The predicted octanol–water partition coefficient (Wildman–Crippen LogP) is 7.11. The van der Waals surface area contributed by atoms with Crippen molar-refractivity contribution in [2.75, 3.05) is 22.6 Å². The van der Waals surface area contributed by atoms with Crippen LogP contribution in [0.4, 0.5) is 22.7 Å². The molecule has 0 aliphatic heterocycles. The summed E-state index contributed by atoms with van der Waals surface area (Å²) in [5.74, 6) is 0.116. The Bertz CT molecular complexity index is 1290. The van der Waals surface area contributed by atoms with Crippen LogP contribution in [0, 0.1) is 0 Å². The molecule has 4 aromatic carbocycles. The first-order valence-electron chi connectivity index (χ1n) is 12.0. The average Bonchev–Trinajstić information content (AvgIpc) is 2.91. The minimum absolute atomic E-state index is 0.299. The predicted molar refractivity (Wildman–Crippen MR) is 145 cm³/mol. The number of carbonyl (C=O) groups excluding carboxylic acids is 2. The van der Waals surface area contributed by atoms with Gasteiger partial charge in [-0.25, -0.2) is 0 Å². The Kier molecular flexibility index (Phi) is 8.33. The van der Waals surface area contributed by atoms with E-state index in [4.69, 9.17) is 4.74 Å². The van der Waals surface area contributed by atoms with Gasteiger partial charge in [-0.3, -0.25) is 9.59 Å². The maximum absolute atomic E-state index is 13.0. The van der Waals surface area contributed by atoms with E-state index in [1.54, 1.807) is 48.5 Å². The highest BCUT2D eigenvalue weighted by molar-refractivity contribution is 6.12. The number of nitrogens with one attached hydrogen (secondary N) is 3. The number of ether oxygens (including phenoxy) is 1. The fourth-order valence-corrected chi connectivity index (χ4v) is 3.54. The van der Waals surface area contributed by atoms with E-state index >= 15 is 0 Å². The number of amides is 2. The van der Waals surface area contributed by atoms with Crippen molar-refractivity contribution in [2.24, 2.45) is 0 Å². The number of hydrogen-bond acceptors (Lipinski definition) is 4. The highest BCUT2D eigenvalue weighted by Gasteiger charge is 2.14. The van der Waals surface area contributed by atoms with Crippen molar-refractivity contribution in [2.45, 2.75) is 19.8 Å². The van der Waals surface area contributed by atoms with Crippen LogP contribution in [-0.4, -0.2) is 18.4 Å². The Morgan fingerprint density at radius 3 is 2.03 bits per heavy atom. The summed E-state index contributed by atoms with van der Waals surface area (Å²) in [4.78, 5) is 25.8. The molecule has 6 nitrogen and oxygen atoms in total. The Hall–Kier alpha value is -4.58. The van der Waals surface area contributed by atoms with E-state index in [9.17, 15) is 9.59 Å². The third kappa shape index (κ3) is 6.73. The van der Waals surface area contributed by atoms with Gasteiger partial charge in [0.2, 0.25) is 0 Å². The van der Waals surface area contributed by atoms with Gasteiger partial charge in [0.15, 0.2) is 0 Å². The zero-order valence-electron chi connectivity index (χ0n) is 20.2. The number of rotatable bonds is 10.